The van der Waals surface area contributed by atoms with E-state index in [0.29, 0.717) is 12.0 Å². The van der Waals surface area contributed by atoms with Crippen molar-refractivity contribution in [3.63, 3.8) is 0 Å². The Morgan fingerprint density at radius 3 is 3.00 bits per heavy atom. The molecule has 1 fully saturated rings. The molecule has 94 valence electrons. The molecule has 1 aromatic heterocycles. The van der Waals surface area contributed by atoms with Gasteiger partial charge in [-0.3, -0.25) is 0 Å². The molecule has 2 aromatic rings. The predicted octanol–water partition coefficient (Wildman–Crippen LogP) is 3.21. The Kier molecular flexibility index (Phi) is 3.48. The fraction of sp³-hybridized carbons (Fsp3) is 0.357. The van der Waals surface area contributed by atoms with Crippen molar-refractivity contribution in [1.29, 1.82) is 0 Å². The molecule has 0 aliphatic heterocycles. The fourth-order valence-corrected chi connectivity index (χ4v) is 2.87. The van der Waals surface area contributed by atoms with Gasteiger partial charge in [0.15, 0.2) is 0 Å². The van der Waals surface area contributed by atoms with Crippen LogP contribution in [-0.4, -0.2) is 16.0 Å². The molecule has 0 saturated heterocycles. The van der Waals surface area contributed by atoms with Gasteiger partial charge in [-0.15, -0.1) is 0 Å². The van der Waals surface area contributed by atoms with Crippen molar-refractivity contribution in [1.82, 2.24) is 15.3 Å². The molecule has 1 saturated carbocycles. The van der Waals surface area contributed by atoms with Gasteiger partial charge in [-0.05, 0) is 36.5 Å². The minimum absolute atomic E-state index is 0.636. The van der Waals surface area contributed by atoms with Crippen LogP contribution in [0, 0.1) is 0 Å². The molecule has 3 nitrogen and oxygen atoms in total. The van der Waals surface area contributed by atoms with Crippen LogP contribution < -0.4 is 5.32 Å². The molecule has 1 heterocycles. The SMILES string of the molecule is Brc1cccc(C2CC(NCc3cnc[nH]3)C2)c1. The first-order valence-corrected chi connectivity index (χ1v) is 7.06. The van der Waals surface area contributed by atoms with Crippen LogP contribution in [0.2, 0.25) is 0 Å². The van der Waals surface area contributed by atoms with Crippen molar-refractivity contribution >= 4 is 15.9 Å². The number of nitrogens with zero attached hydrogens (tertiary/aromatic N) is 1. The second-order valence-corrected chi connectivity index (χ2v) is 5.79. The van der Waals surface area contributed by atoms with Crippen LogP contribution in [0.4, 0.5) is 0 Å². The molecule has 0 atom stereocenters. The van der Waals surface area contributed by atoms with Crippen molar-refractivity contribution in [2.24, 2.45) is 0 Å². The Morgan fingerprint density at radius 2 is 2.28 bits per heavy atom. The molecule has 1 aliphatic rings. The number of rotatable bonds is 4. The normalized spacial score (nSPS) is 22.7. The average Bonchev–Trinajstić information content (AvgIpc) is 2.80. The number of aromatic nitrogens is 2. The van der Waals surface area contributed by atoms with E-state index in [4.69, 9.17) is 0 Å². The first kappa shape index (κ1) is 11.9. The molecule has 0 radical (unpaired) electrons. The summed E-state index contributed by atoms with van der Waals surface area (Å²) < 4.78 is 1.17. The number of hydrogen-bond donors (Lipinski definition) is 2. The molecule has 1 aromatic carbocycles. The lowest BCUT2D eigenvalue weighted by Gasteiger charge is -2.36. The summed E-state index contributed by atoms with van der Waals surface area (Å²) in [5.74, 6) is 0.710. The number of aromatic amines is 1. The lowest BCUT2D eigenvalue weighted by molar-refractivity contribution is 0.288. The average molecular weight is 306 g/mol. The number of benzene rings is 1. The predicted molar refractivity (Wildman–Crippen MR) is 75.3 cm³/mol. The van der Waals surface area contributed by atoms with Crippen LogP contribution >= 0.6 is 15.9 Å². The Morgan fingerprint density at radius 1 is 1.39 bits per heavy atom. The molecule has 18 heavy (non-hydrogen) atoms. The maximum atomic E-state index is 4.02. The van der Waals surface area contributed by atoms with Crippen LogP contribution in [0.3, 0.4) is 0 Å². The van der Waals surface area contributed by atoms with E-state index in [1.165, 1.54) is 22.9 Å². The van der Waals surface area contributed by atoms with E-state index in [-0.39, 0.29) is 0 Å². The number of halogens is 1. The summed E-state index contributed by atoms with van der Waals surface area (Å²) in [4.78, 5) is 7.13. The molecule has 4 heteroatoms. The van der Waals surface area contributed by atoms with Crippen LogP contribution in [0.5, 0.6) is 0 Å². The second kappa shape index (κ2) is 5.24. The van der Waals surface area contributed by atoms with Crippen molar-refractivity contribution in [3.05, 3.63) is 52.5 Å². The molecular formula is C14H16BrN3. The number of hydrogen-bond acceptors (Lipinski definition) is 2. The first-order valence-electron chi connectivity index (χ1n) is 6.27. The Bertz CT molecular complexity index is 504. The molecule has 0 bridgehead atoms. The van der Waals surface area contributed by atoms with Crippen LogP contribution in [0.1, 0.15) is 30.0 Å². The summed E-state index contributed by atoms with van der Waals surface area (Å²) in [6.07, 6.45) is 6.05. The van der Waals surface area contributed by atoms with Gasteiger partial charge >= 0.3 is 0 Å². The summed E-state index contributed by atoms with van der Waals surface area (Å²) in [7, 11) is 0. The van der Waals surface area contributed by atoms with Gasteiger partial charge in [0.25, 0.3) is 0 Å². The van der Waals surface area contributed by atoms with E-state index >= 15 is 0 Å². The van der Waals surface area contributed by atoms with E-state index in [1.54, 1.807) is 6.33 Å². The highest BCUT2D eigenvalue weighted by atomic mass is 79.9. The number of H-pyrrole nitrogens is 1. The van der Waals surface area contributed by atoms with Gasteiger partial charge in [-0.2, -0.15) is 0 Å². The third kappa shape index (κ3) is 2.65. The quantitative estimate of drug-likeness (QED) is 0.910. The standard InChI is InChI=1S/C14H16BrN3/c15-12-3-1-2-10(4-12)11-5-13(6-11)17-8-14-7-16-9-18-14/h1-4,7,9,11,13,17H,5-6,8H2,(H,16,18). The highest BCUT2D eigenvalue weighted by Crippen LogP contribution is 2.37. The topological polar surface area (TPSA) is 40.7 Å². The molecule has 0 unspecified atom stereocenters. The smallest absolute Gasteiger partial charge is 0.0922 e. The summed E-state index contributed by atoms with van der Waals surface area (Å²) in [6, 6.07) is 9.29. The van der Waals surface area contributed by atoms with Gasteiger partial charge in [-0.25, -0.2) is 4.98 Å². The lowest BCUT2D eigenvalue weighted by atomic mass is 9.76. The number of imidazole rings is 1. The van der Waals surface area contributed by atoms with E-state index in [9.17, 15) is 0 Å². The maximum Gasteiger partial charge on any atom is 0.0922 e. The van der Waals surface area contributed by atoms with Gasteiger partial charge in [0, 0.05) is 29.0 Å². The van der Waals surface area contributed by atoms with E-state index in [0.717, 1.165) is 12.2 Å². The highest BCUT2D eigenvalue weighted by molar-refractivity contribution is 9.10. The second-order valence-electron chi connectivity index (χ2n) is 4.88. The van der Waals surface area contributed by atoms with E-state index < -0.39 is 0 Å². The molecule has 0 spiro atoms. The van der Waals surface area contributed by atoms with Crippen LogP contribution in [0.25, 0.3) is 0 Å². The monoisotopic (exact) mass is 305 g/mol. The van der Waals surface area contributed by atoms with Gasteiger partial charge < -0.3 is 10.3 Å². The van der Waals surface area contributed by atoms with Crippen molar-refractivity contribution in [2.75, 3.05) is 0 Å². The molecule has 0 amide bonds. The van der Waals surface area contributed by atoms with Crippen LogP contribution in [0.15, 0.2) is 41.3 Å². The molecule has 1 aliphatic carbocycles. The minimum Gasteiger partial charge on any atom is -0.347 e. The highest BCUT2D eigenvalue weighted by Gasteiger charge is 2.29. The zero-order chi connectivity index (χ0) is 12.4. The molecular weight excluding hydrogens is 290 g/mol. The largest absolute Gasteiger partial charge is 0.347 e. The molecule has 3 rings (SSSR count). The fourth-order valence-electron chi connectivity index (χ4n) is 2.45. The molecule has 2 N–H and O–H groups in total. The van der Waals surface area contributed by atoms with Crippen LogP contribution in [-0.2, 0) is 6.54 Å². The van der Waals surface area contributed by atoms with Crippen molar-refractivity contribution in [3.8, 4) is 0 Å². The Balaban J connectivity index is 1.48. The number of nitrogens with one attached hydrogen (secondary N) is 2. The first-order chi connectivity index (χ1) is 8.81. The van der Waals surface area contributed by atoms with Gasteiger partial charge in [0.1, 0.15) is 0 Å². The summed E-state index contributed by atoms with van der Waals surface area (Å²) in [6.45, 7) is 0.885. The summed E-state index contributed by atoms with van der Waals surface area (Å²) >= 11 is 3.53. The van der Waals surface area contributed by atoms with Gasteiger partial charge in [-0.1, -0.05) is 28.1 Å². The lowest BCUT2D eigenvalue weighted by Crippen LogP contribution is -2.39. The third-order valence-corrected chi connectivity index (χ3v) is 4.09. The summed E-state index contributed by atoms with van der Waals surface area (Å²) in [5.41, 5.74) is 2.60. The van der Waals surface area contributed by atoms with Crippen molar-refractivity contribution < 1.29 is 0 Å². The summed E-state index contributed by atoms with van der Waals surface area (Å²) in [5, 5.41) is 3.55. The maximum absolute atomic E-state index is 4.02. The zero-order valence-corrected chi connectivity index (χ0v) is 11.7. The Labute approximate surface area is 115 Å². The van der Waals surface area contributed by atoms with Crippen molar-refractivity contribution in [2.45, 2.75) is 31.3 Å². The third-order valence-electron chi connectivity index (χ3n) is 3.59. The van der Waals surface area contributed by atoms with Gasteiger partial charge in [0.05, 0.1) is 6.33 Å². The Hall–Kier alpha value is -1.13. The van der Waals surface area contributed by atoms with E-state index in [2.05, 4.69) is 55.5 Å². The van der Waals surface area contributed by atoms with Gasteiger partial charge in [0.2, 0.25) is 0 Å². The van der Waals surface area contributed by atoms with E-state index in [1.807, 2.05) is 6.20 Å². The zero-order valence-electron chi connectivity index (χ0n) is 10.1. The minimum atomic E-state index is 0.636.